The van der Waals surface area contributed by atoms with Gasteiger partial charge in [0.25, 0.3) is 0 Å². The highest BCUT2D eigenvalue weighted by molar-refractivity contribution is 5.95. The summed E-state index contributed by atoms with van der Waals surface area (Å²) in [5.41, 5.74) is 6.53. The van der Waals surface area contributed by atoms with Crippen LogP contribution in [0.1, 0.15) is 25.7 Å². The molecule has 5 nitrogen and oxygen atoms in total. The van der Waals surface area contributed by atoms with Gasteiger partial charge in [-0.2, -0.15) is 0 Å². The molecule has 138 valence electrons. The van der Waals surface area contributed by atoms with Crippen molar-refractivity contribution in [3.63, 3.8) is 0 Å². The minimum Gasteiger partial charge on any atom is -0.457 e. The summed E-state index contributed by atoms with van der Waals surface area (Å²) in [5, 5.41) is 2.74. The van der Waals surface area contributed by atoms with Crippen LogP contribution in [0.2, 0.25) is 0 Å². The predicted molar refractivity (Wildman–Crippen MR) is 94.3 cm³/mol. The van der Waals surface area contributed by atoms with E-state index in [4.69, 9.17) is 10.5 Å². The molecule has 0 bridgehead atoms. The Morgan fingerprint density at radius 2 is 1.88 bits per heavy atom. The van der Waals surface area contributed by atoms with Crippen molar-refractivity contribution in [2.75, 3.05) is 5.32 Å². The average Bonchev–Trinajstić information content (AvgIpc) is 2.62. The zero-order valence-corrected chi connectivity index (χ0v) is 14.2. The van der Waals surface area contributed by atoms with Gasteiger partial charge in [-0.1, -0.05) is 6.07 Å². The Labute approximate surface area is 150 Å². The Morgan fingerprint density at radius 1 is 1.19 bits per heavy atom. The van der Waals surface area contributed by atoms with Crippen molar-refractivity contribution in [3.05, 3.63) is 48.8 Å². The summed E-state index contributed by atoms with van der Waals surface area (Å²) in [6.07, 6.45) is 3.32. The lowest BCUT2D eigenvalue weighted by molar-refractivity contribution is -0.120. The number of nitrogens with two attached hydrogens (primary N) is 1. The summed E-state index contributed by atoms with van der Waals surface area (Å²) >= 11 is 0. The first-order chi connectivity index (χ1) is 12.4. The number of benzene rings is 1. The van der Waals surface area contributed by atoms with E-state index in [9.17, 15) is 13.6 Å². The quantitative estimate of drug-likeness (QED) is 0.845. The van der Waals surface area contributed by atoms with Gasteiger partial charge >= 0.3 is 0 Å². The van der Waals surface area contributed by atoms with Crippen LogP contribution in [0.5, 0.6) is 11.5 Å². The lowest BCUT2D eigenvalue weighted by atomic mass is 9.82. The van der Waals surface area contributed by atoms with Gasteiger partial charge in [0, 0.05) is 37.0 Å². The van der Waals surface area contributed by atoms with Gasteiger partial charge in [-0.05, 0) is 43.0 Å². The highest BCUT2D eigenvalue weighted by atomic mass is 19.3. The van der Waals surface area contributed by atoms with Crippen LogP contribution in [-0.2, 0) is 4.79 Å². The van der Waals surface area contributed by atoms with Crippen LogP contribution in [-0.4, -0.2) is 22.9 Å². The molecule has 1 amide bonds. The molecule has 2 aromatic rings. The third-order valence-corrected chi connectivity index (χ3v) is 4.56. The molecule has 1 saturated carbocycles. The van der Waals surface area contributed by atoms with Crippen molar-refractivity contribution < 1.29 is 18.3 Å². The maximum atomic E-state index is 13.3. The summed E-state index contributed by atoms with van der Waals surface area (Å²) in [5.74, 6) is -2.05. The number of hydrogen-bond donors (Lipinski definition) is 2. The van der Waals surface area contributed by atoms with E-state index in [0.29, 0.717) is 17.2 Å². The molecular weight excluding hydrogens is 340 g/mol. The molecule has 0 radical (unpaired) electrons. The van der Waals surface area contributed by atoms with Crippen LogP contribution in [0.4, 0.5) is 14.5 Å². The summed E-state index contributed by atoms with van der Waals surface area (Å²) < 4.78 is 32.2. The van der Waals surface area contributed by atoms with Gasteiger partial charge in [-0.3, -0.25) is 9.78 Å². The number of ether oxygens (including phenoxy) is 1. The number of anilines is 1. The number of amides is 1. The lowest BCUT2D eigenvalue weighted by Crippen LogP contribution is -2.44. The fourth-order valence-electron chi connectivity index (χ4n) is 3.04. The minimum absolute atomic E-state index is 0.214. The molecule has 1 aliphatic rings. The number of aromatic nitrogens is 1. The van der Waals surface area contributed by atoms with Crippen molar-refractivity contribution in [2.24, 2.45) is 11.7 Å². The molecule has 26 heavy (non-hydrogen) atoms. The Balaban J connectivity index is 1.60. The molecule has 1 unspecified atom stereocenters. The molecule has 0 saturated heterocycles. The van der Waals surface area contributed by atoms with Gasteiger partial charge in [0.2, 0.25) is 11.8 Å². The van der Waals surface area contributed by atoms with Crippen molar-refractivity contribution in [1.82, 2.24) is 4.98 Å². The second-order valence-corrected chi connectivity index (χ2v) is 6.52. The Kier molecular flexibility index (Phi) is 5.46. The van der Waals surface area contributed by atoms with Crippen LogP contribution < -0.4 is 15.8 Å². The molecule has 3 N–H and O–H groups in total. The summed E-state index contributed by atoms with van der Waals surface area (Å²) in [6, 6.07) is 9.55. The number of nitrogens with zero attached hydrogens (tertiary/aromatic N) is 1. The second kappa shape index (κ2) is 7.78. The molecule has 1 aliphatic carbocycles. The number of carbonyl (C=O) groups is 1. The highest BCUT2D eigenvalue weighted by Gasteiger charge is 2.38. The summed E-state index contributed by atoms with van der Waals surface area (Å²) in [4.78, 5) is 16.3. The first-order valence-corrected chi connectivity index (χ1v) is 8.55. The van der Waals surface area contributed by atoms with E-state index in [1.54, 1.807) is 48.8 Å². The van der Waals surface area contributed by atoms with Crippen molar-refractivity contribution in [1.29, 1.82) is 0 Å². The van der Waals surface area contributed by atoms with Gasteiger partial charge in [-0.15, -0.1) is 0 Å². The second-order valence-electron chi connectivity index (χ2n) is 6.52. The van der Waals surface area contributed by atoms with Crippen LogP contribution in [0.3, 0.4) is 0 Å². The van der Waals surface area contributed by atoms with Gasteiger partial charge in [-0.25, -0.2) is 8.78 Å². The number of alkyl halides is 2. The number of carbonyl (C=O) groups excluding carboxylic acids is 1. The fraction of sp³-hybridized carbons (Fsp3) is 0.368. The third kappa shape index (κ3) is 4.76. The van der Waals surface area contributed by atoms with Gasteiger partial charge < -0.3 is 15.8 Å². The van der Waals surface area contributed by atoms with Gasteiger partial charge in [0.1, 0.15) is 11.5 Å². The number of hydrogen-bond acceptors (Lipinski definition) is 4. The Hall–Kier alpha value is -2.54. The largest absolute Gasteiger partial charge is 0.457 e. The van der Waals surface area contributed by atoms with E-state index >= 15 is 0 Å². The number of rotatable bonds is 5. The molecule has 1 atom stereocenters. The van der Waals surface area contributed by atoms with Crippen molar-refractivity contribution in [3.8, 4) is 11.5 Å². The van der Waals surface area contributed by atoms with E-state index < -0.39 is 12.0 Å². The molecule has 0 spiro atoms. The van der Waals surface area contributed by atoms with Crippen LogP contribution >= 0.6 is 0 Å². The molecule has 1 fully saturated rings. The predicted octanol–water partition coefficient (Wildman–Crippen LogP) is 3.97. The summed E-state index contributed by atoms with van der Waals surface area (Å²) in [6.45, 7) is 0. The zero-order chi connectivity index (χ0) is 18.6. The molecule has 1 heterocycles. The number of nitrogens with one attached hydrogen (secondary N) is 1. The maximum Gasteiger partial charge on any atom is 0.248 e. The summed E-state index contributed by atoms with van der Waals surface area (Å²) in [7, 11) is 0. The van der Waals surface area contributed by atoms with E-state index in [1.807, 2.05) is 0 Å². The first kappa shape index (κ1) is 18.3. The molecule has 3 rings (SSSR count). The standard InChI is InChI=1S/C19H21F2N3O2/c20-19(21)8-4-13(5-9-19)17(22)18(25)24-14-2-1-3-16(12-14)26-15-6-10-23-11-7-15/h1-3,6-7,10-13,17H,4-5,8-9,22H2,(H,24,25). The number of pyridine rings is 1. The van der Waals surface area contributed by atoms with Crippen molar-refractivity contribution in [2.45, 2.75) is 37.6 Å². The van der Waals surface area contributed by atoms with E-state index in [2.05, 4.69) is 10.3 Å². The molecule has 1 aromatic carbocycles. The van der Waals surface area contributed by atoms with E-state index in [0.717, 1.165) is 0 Å². The van der Waals surface area contributed by atoms with E-state index in [-0.39, 0.29) is 37.5 Å². The Morgan fingerprint density at radius 3 is 2.58 bits per heavy atom. The van der Waals surface area contributed by atoms with Crippen molar-refractivity contribution >= 4 is 11.6 Å². The lowest BCUT2D eigenvalue weighted by Gasteiger charge is -2.31. The molecule has 7 heteroatoms. The first-order valence-electron chi connectivity index (χ1n) is 8.55. The normalized spacial score (nSPS) is 18.1. The SMILES string of the molecule is NC(C(=O)Nc1cccc(Oc2ccncc2)c1)C1CCC(F)(F)CC1. The third-order valence-electron chi connectivity index (χ3n) is 4.56. The topological polar surface area (TPSA) is 77.2 Å². The molecule has 1 aromatic heterocycles. The smallest absolute Gasteiger partial charge is 0.248 e. The maximum absolute atomic E-state index is 13.3. The van der Waals surface area contributed by atoms with E-state index in [1.165, 1.54) is 0 Å². The van der Waals surface area contributed by atoms with Crippen LogP contribution in [0.25, 0.3) is 0 Å². The highest BCUT2D eigenvalue weighted by Crippen LogP contribution is 2.37. The average molecular weight is 361 g/mol. The molecular formula is C19H21F2N3O2. The minimum atomic E-state index is -2.63. The fourth-order valence-corrected chi connectivity index (χ4v) is 3.04. The van der Waals surface area contributed by atoms with Gasteiger partial charge in [0.15, 0.2) is 0 Å². The Bertz CT molecular complexity index is 745. The van der Waals surface area contributed by atoms with Gasteiger partial charge in [0.05, 0.1) is 6.04 Å². The monoisotopic (exact) mass is 361 g/mol. The number of halogens is 2. The molecule has 0 aliphatic heterocycles. The zero-order valence-electron chi connectivity index (χ0n) is 14.2. The van der Waals surface area contributed by atoms with Crippen LogP contribution in [0, 0.1) is 5.92 Å². The van der Waals surface area contributed by atoms with Crippen LogP contribution in [0.15, 0.2) is 48.8 Å².